The molecule has 0 aromatic carbocycles. The molecule has 1 aliphatic carbocycles. The first-order chi connectivity index (χ1) is 15.9. The predicted octanol–water partition coefficient (Wildman–Crippen LogP) is 7.03. The van der Waals surface area contributed by atoms with Crippen LogP contribution in [0.1, 0.15) is 117 Å². The number of carboxylic acids is 2. The van der Waals surface area contributed by atoms with E-state index < -0.39 is 17.7 Å². The van der Waals surface area contributed by atoms with Crippen LogP contribution in [0.3, 0.4) is 0 Å². The summed E-state index contributed by atoms with van der Waals surface area (Å²) >= 11 is 0. The van der Waals surface area contributed by atoms with E-state index >= 15 is 0 Å². The highest BCUT2D eigenvalue weighted by atomic mass is 16.7. The van der Waals surface area contributed by atoms with Crippen LogP contribution < -0.4 is 0 Å². The molecule has 0 radical (unpaired) electrons. The van der Waals surface area contributed by atoms with Crippen LogP contribution in [0.25, 0.3) is 0 Å². The minimum absolute atomic E-state index is 0.184. The lowest BCUT2D eigenvalue weighted by Crippen LogP contribution is -2.37. The third-order valence-corrected chi connectivity index (χ3v) is 6.10. The molecule has 1 atom stereocenters. The molecule has 33 heavy (non-hydrogen) atoms. The molecule has 0 saturated heterocycles. The van der Waals surface area contributed by atoms with Crippen LogP contribution in [0.4, 0.5) is 0 Å². The number of ether oxygens (including phenoxy) is 2. The van der Waals surface area contributed by atoms with Crippen molar-refractivity contribution in [1.29, 1.82) is 0 Å². The highest BCUT2D eigenvalue weighted by molar-refractivity contribution is 5.66. The zero-order valence-corrected chi connectivity index (χ0v) is 20.9. The van der Waals surface area contributed by atoms with E-state index in [9.17, 15) is 9.59 Å². The van der Waals surface area contributed by atoms with Crippen molar-refractivity contribution in [2.45, 2.75) is 122 Å². The van der Waals surface area contributed by atoms with Gasteiger partial charge in [0.15, 0.2) is 5.79 Å². The van der Waals surface area contributed by atoms with Crippen LogP contribution in [0.5, 0.6) is 0 Å². The summed E-state index contributed by atoms with van der Waals surface area (Å²) in [4.78, 5) is 21.7. The van der Waals surface area contributed by atoms with Gasteiger partial charge in [-0.25, -0.2) is 0 Å². The van der Waals surface area contributed by atoms with Crippen molar-refractivity contribution >= 4 is 11.9 Å². The molecule has 2 N–H and O–H groups in total. The van der Waals surface area contributed by atoms with Crippen molar-refractivity contribution in [3.8, 4) is 0 Å². The molecule has 0 fully saturated rings. The summed E-state index contributed by atoms with van der Waals surface area (Å²) in [6, 6.07) is 0. The fraction of sp³-hybridized carbons (Fsp3) is 0.778. The molecule has 0 spiro atoms. The van der Waals surface area contributed by atoms with Crippen molar-refractivity contribution < 1.29 is 29.3 Å². The van der Waals surface area contributed by atoms with E-state index in [1.807, 2.05) is 0 Å². The van der Waals surface area contributed by atoms with Gasteiger partial charge in [-0.15, -0.1) is 0 Å². The van der Waals surface area contributed by atoms with E-state index in [0.717, 1.165) is 57.8 Å². The topological polar surface area (TPSA) is 93.1 Å². The molecule has 0 amide bonds. The minimum Gasteiger partial charge on any atom is -0.481 e. The lowest BCUT2D eigenvalue weighted by Gasteiger charge is -2.36. The fourth-order valence-corrected chi connectivity index (χ4v) is 4.14. The largest absolute Gasteiger partial charge is 0.481 e. The molecule has 0 aliphatic heterocycles. The Bertz CT molecular complexity index is 624. The van der Waals surface area contributed by atoms with Crippen LogP contribution in [0, 0.1) is 0 Å². The van der Waals surface area contributed by atoms with Gasteiger partial charge in [0.05, 0.1) is 13.2 Å². The van der Waals surface area contributed by atoms with E-state index in [1.165, 1.54) is 24.0 Å². The van der Waals surface area contributed by atoms with Crippen molar-refractivity contribution in [3.05, 3.63) is 23.3 Å². The molecule has 1 unspecified atom stereocenters. The number of hydrogen-bond acceptors (Lipinski definition) is 4. The highest BCUT2D eigenvalue weighted by Crippen LogP contribution is 2.36. The number of unbranched alkanes of at least 4 members (excludes halogenated alkanes) is 7. The van der Waals surface area contributed by atoms with E-state index in [-0.39, 0.29) is 12.8 Å². The number of hydrogen-bond donors (Lipinski definition) is 2. The summed E-state index contributed by atoms with van der Waals surface area (Å²) in [6.07, 6.45) is 17.7. The Kier molecular flexibility index (Phi) is 15.8. The second-order valence-electron chi connectivity index (χ2n) is 9.12. The Morgan fingerprint density at radius 3 is 1.91 bits per heavy atom. The first kappa shape index (κ1) is 29.4. The van der Waals surface area contributed by atoms with E-state index in [1.54, 1.807) is 0 Å². The Morgan fingerprint density at radius 1 is 0.788 bits per heavy atom. The number of carbonyl (C=O) groups is 2. The second kappa shape index (κ2) is 17.8. The Morgan fingerprint density at radius 2 is 1.33 bits per heavy atom. The van der Waals surface area contributed by atoms with Gasteiger partial charge in [-0.2, -0.15) is 0 Å². The van der Waals surface area contributed by atoms with Gasteiger partial charge < -0.3 is 19.7 Å². The summed E-state index contributed by atoms with van der Waals surface area (Å²) in [7, 11) is 0. The third kappa shape index (κ3) is 13.6. The molecule has 6 nitrogen and oxygen atoms in total. The Balaban J connectivity index is 2.85. The zero-order chi connectivity index (χ0) is 24.4. The molecular weight excluding hydrogens is 420 g/mol. The van der Waals surface area contributed by atoms with E-state index in [2.05, 4.69) is 26.0 Å². The lowest BCUT2D eigenvalue weighted by molar-refractivity contribution is -0.205. The molecule has 0 saturated carbocycles. The summed E-state index contributed by atoms with van der Waals surface area (Å²) in [5, 5.41) is 17.9. The average Bonchev–Trinajstić information content (AvgIpc) is 2.78. The van der Waals surface area contributed by atoms with Gasteiger partial charge >= 0.3 is 11.9 Å². The molecule has 1 rings (SSSR count). The van der Waals surface area contributed by atoms with Gasteiger partial charge in [-0.05, 0) is 63.0 Å². The second-order valence-corrected chi connectivity index (χ2v) is 9.12. The zero-order valence-electron chi connectivity index (χ0n) is 20.9. The molecule has 0 aromatic heterocycles. The fourth-order valence-electron chi connectivity index (χ4n) is 4.14. The van der Waals surface area contributed by atoms with Gasteiger partial charge in [0.25, 0.3) is 0 Å². The van der Waals surface area contributed by atoms with Crippen molar-refractivity contribution in [1.82, 2.24) is 0 Å². The summed E-state index contributed by atoms with van der Waals surface area (Å²) in [6.45, 7) is 5.70. The smallest absolute Gasteiger partial charge is 0.303 e. The lowest BCUT2D eigenvalue weighted by atomic mass is 9.87. The van der Waals surface area contributed by atoms with Crippen LogP contribution in [-0.2, 0) is 19.1 Å². The quantitative estimate of drug-likeness (QED) is 0.139. The number of rotatable bonds is 21. The minimum atomic E-state index is -0.759. The van der Waals surface area contributed by atoms with Gasteiger partial charge in [-0.3, -0.25) is 9.59 Å². The molecular formula is C27H46O6. The standard InChI is InChI=1S/C27H46O6/c1-3-5-7-13-21-33-27(32-20-12-6-4-2)19-18-23(14-8-10-16-25(28)29)24(22-27)15-9-11-17-26(30)31/h18-19H,3-17,20-22H2,1-2H3,(H,28,29)(H,30,31). The number of aliphatic carboxylic acids is 2. The number of carboxylic acid groups (broad SMARTS) is 2. The molecule has 6 heteroatoms. The Hall–Kier alpha value is -1.66. The van der Waals surface area contributed by atoms with Crippen molar-refractivity contribution in [2.24, 2.45) is 0 Å². The van der Waals surface area contributed by atoms with E-state index in [0.29, 0.717) is 32.5 Å². The molecule has 190 valence electrons. The van der Waals surface area contributed by atoms with Crippen molar-refractivity contribution in [2.75, 3.05) is 13.2 Å². The average molecular weight is 467 g/mol. The molecule has 0 aromatic rings. The summed E-state index contributed by atoms with van der Waals surface area (Å²) < 4.78 is 12.7. The first-order valence-electron chi connectivity index (χ1n) is 13.0. The van der Waals surface area contributed by atoms with Crippen LogP contribution >= 0.6 is 0 Å². The first-order valence-corrected chi connectivity index (χ1v) is 13.0. The monoisotopic (exact) mass is 466 g/mol. The van der Waals surface area contributed by atoms with Gasteiger partial charge in [0, 0.05) is 19.3 Å². The maximum Gasteiger partial charge on any atom is 0.303 e. The van der Waals surface area contributed by atoms with E-state index in [4.69, 9.17) is 19.7 Å². The molecule has 0 bridgehead atoms. The van der Waals surface area contributed by atoms with Crippen LogP contribution in [0.15, 0.2) is 23.3 Å². The maximum atomic E-state index is 10.9. The van der Waals surface area contributed by atoms with Crippen LogP contribution in [-0.4, -0.2) is 41.2 Å². The SMILES string of the molecule is CCCCCCOC1(OCCCCC)C=CC(CCCCC(=O)O)=C(CCCCC(=O)O)C1. The predicted molar refractivity (Wildman–Crippen MR) is 131 cm³/mol. The molecule has 0 heterocycles. The summed E-state index contributed by atoms with van der Waals surface area (Å²) in [5.74, 6) is -2.26. The highest BCUT2D eigenvalue weighted by Gasteiger charge is 2.33. The molecule has 1 aliphatic rings. The normalized spacial score (nSPS) is 18.1. The Labute approximate surface area is 200 Å². The van der Waals surface area contributed by atoms with Gasteiger partial charge in [0.2, 0.25) is 0 Å². The maximum absolute atomic E-state index is 10.9. The van der Waals surface area contributed by atoms with Gasteiger partial charge in [-0.1, -0.05) is 57.6 Å². The third-order valence-electron chi connectivity index (χ3n) is 6.10. The van der Waals surface area contributed by atoms with Crippen molar-refractivity contribution in [3.63, 3.8) is 0 Å². The number of allylic oxidation sites excluding steroid dienone is 2. The van der Waals surface area contributed by atoms with Gasteiger partial charge in [0.1, 0.15) is 0 Å². The van der Waals surface area contributed by atoms with Crippen LogP contribution in [0.2, 0.25) is 0 Å². The summed E-state index contributed by atoms with van der Waals surface area (Å²) in [5.41, 5.74) is 2.50.